The van der Waals surface area contributed by atoms with Crippen molar-refractivity contribution in [3.8, 4) is 0 Å². The van der Waals surface area contributed by atoms with E-state index in [1.165, 1.54) is 93.2 Å². The Morgan fingerprint density at radius 3 is 1.94 bits per heavy atom. The van der Waals surface area contributed by atoms with Crippen LogP contribution in [0.4, 0.5) is 5.69 Å². The van der Waals surface area contributed by atoms with E-state index in [2.05, 4.69) is 129 Å². The fourth-order valence-corrected chi connectivity index (χ4v) is 9.63. The van der Waals surface area contributed by atoms with Gasteiger partial charge in [-0.25, -0.2) is 0 Å². The third-order valence-corrected chi connectivity index (χ3v) is 12.6. The second-order valence-corrected chi connectivity index (χ2v) is 16.2. The minimum atomic E-state index is 0.170. The fourth-order valence-electron chi connectivity index (χ4n) is 9.63. The molecule has 0 aromatic heterocycles. The smallest absolute Gasteiger partial charge is 0.0559 e. The van der Waals surface area contributed by atoms with E-state index in [4.69, 9.17) is 0 Å². The lowest BCUT2D eigenvalue weighted by Crippen LogP contribution is -2.44. The summed E-state index contributed by atoms with van der Waals surface area (Å²) in [7, 11) is 0. The van der Waals surface area contributed by atoms with Crippen LogP contribution in [0.5, 0.6) is 0 Å². The Labute approximate surface area is 292 Å². The van der Waals surface area contributed by atoms with Crippen LogP contribution in [0.3, 0.4) is 0 Å². The zero-order valence-corrected chi connectivity index (χ0v) is 30.3. The maximum atomic E-state index is 2.88. The summed E-state index contributed by atoms with van der Waals surface area (Å²) in [6, 6.07) is 11.4. The number of nitrogens with zero attached hydrogens (tertiary/aromatic N) is 2. The number of hydrogen-bond acceptors (Lipinski definition) is 2. The molecule has 0 amide bonds. The molecule has 7 rings (SSSR count). The molecule has 2 saturated carbocycles. The summed E-state index contributed by atoms with van der Waals surface area (Å²) >= 11 is 0. The predicted molar refractivity (Wildman–Crippen MR) is 206 cm³/mol. The maximum Gasteiger partial charge on any atom is 0.0559 e. The average molecular weight is 641 g/mol. The van der Waals surface area contributed by atoms with E-state index >= 15 is 0 Å². The zero-order chi connectivity index (χ0) is 33.1. The van der Waals surface area contributed by atoms with Gasteiger partial charge in [0.1, 0.15) is 0 Å². The molecule has 0 saturated heterocycles. The minimum Gasteiger partial charge on any atom is -0.365 e. The van der Waals surface area contributed by atoms with E-state index in [0.717, 1.165) is 25.2 Å². The molecule has 0 aliphatic heterocycles. The van der Waals surface area contributed by atoms with Crippen LogP contribution in [-0.2, 0) is 5.41 Å². The van der Waals surface area contributed by atoms with Crippen molar-refractivity contribution in [2.75, 3.05) is 4.90 Å². The molecule has 0 bridgehead atoms. The molecule has 2 fully saturated rings. The van der Waals surface area contributed by atoms with Gasteiger partial charge in [0, 0.05) is 28.5 Å². The average Bonchev–Trinajstić information content (AvgIpc) is 3.13. The van der Waals surface area contributed by atoms with Crippen LogP contribution in [0.2, 0.25) is 0 Å². The first-order valence-electron chi connectivity index (χ1n) is 19.6. The molecular weight excluding hydrogens is 581 g/mol. The number of anilines is 1. The van der Waals surface area contributed by atoms with Crippen molar-refractivity contribution < 1.29 is 0 Å². The van der Waals surface area contributed by atoms with Gasteiger partial charge in [0.15, 0.2) is 0 Å². The standard InChI is InChI=1S/C46H60N2/c1-34-8-20-40(21-9-34)47(41-22-10-35(2)11-23-41)44-28-16-38(17-29-44)46(32-6-5-7-33-46)39-18-30-45(31-19-39)48(42-24-12-36(3)13-25-42)43-26-14-37(4)15-27-43/h8-10,12-13,16-18,20,22-24,28-30,35,37,40,42-43H,5-7,11,14-15,19,21,25-27,31-33H2,1-4H3. The van der Waals surface area contributed by atoms with Crippen LogP contribution in [0.25, 0.3) is 0 Å². The molecule has 0 radical (unpaired) electrons. The second-order valence-electron chi connectivity index (χ2n) is 16.2. The highest BCUT2D eigenvalue weighted by Gasteiger charge is 2.39. The van der Waals surface area contributed by atoms with E-state index in [1.807, 2.05) is 0 Å². The van der Waals surface area contributed by atoms with Crippen molar-refractivity contribution in [1.82, 2.24) is 4.90 Å². The molecule has 6 aliphatic rings. The topological polar surface area (TPSA) is 6.48 Å². The number of rotatable bonds is 8. The van der Waals surface area contributed by atoms with Gasteiger partial charge in [-0.3, -0.25) is 0 Å². The summed E-state index contributed by atoms with van der Waals surface area (Å²) in [5.74, 6) is 1.49. The summed E-state index contributed by atoms with van der Waals surface area (Å²) in [5, 5.41) is 0. The predicted octanol–water partition coefficient (Wildman–Crippen LogP) is 12.2. The molecule has 48 heavy (non-hydrogen) atoms. The maximum absolute atomic E-state index is 2.88. The van der Waals surface area contributed by atoms with Gasteiger partial charge in [0.25, 0.3) is 0 Å². The Hall–Kier alpha value is -3.26. The van der Waals surface area contributed by atoms with E-state index in [0.29, 0.717) is 24.0 Å². The third-order valence-electron chi connectivity index (χ3n) is 12.6. The Kier molecular flexibility index (Phi) is 10.2. The van der Waals surface area contributed by atoms with Crippen molar-refractivity contribution in [3.05, 3.63) is 125 Å². The first kappa shape index (κ1) is 33.2. The molecule has 254 valence electrons. The van der Waals surface area contributed by atoms with Gasteiger partial charge in [-0.1, -0.05) is 117 Å². The van der Waals surface area contributed by atoms with Gasteiger partial charge < -0.3 is 9.80 Å². The summed E-state index contributed by atoms with van der Waals surface area (Å²) in [6.07, 6.45) is 44.5. The van der Waals surface area contributed by atoms with Crippen molar-refractivity contribution in [2.45, 2.75) is 141 Å². The van der Waals surface area contributed by atoms with E-state index in [-0.39, 0.29) is 5.41 Å². The Morgan fingerprint density at radius 1 is 0.667 bits per heavy atom. The first-order chi connectivity index (χ1) is 23.4. The van der Waals surface area contributed by atoms with Gasteiger partial charge in [-0.05, 0) is 126 Å². The van der Waals surface area contributed by atoms with Gasteiger partial charge in [0.05, 0.1) is 12.1 Å². The molecule has 0 N–H and O–H groups in total. The Balaban J connectivity index is 1.18. The van der Waals surface area contributed by atoms with Gasteiger partial charge >= 0.3 is 0 Å². The zero-order valence-electron chi connectivity index (χ0n) is 30.3. The van der Waals surface area contributed by atoms with Crippen molar-refractivity contribution >= 4 is 5.69 Å². The van der Waals surface area contributed by atoms with Crippen LogP contribution in [0.1, 0.15) is 123 Å². The van der Waals surface area contributed by atoms with Crippen molar-refractivity contribution in [2.24, 2.45) is 11.8 Å². The molecular formula is C46H60N2. The molecule has 1 aromatic carbocycles. The second kappa shape index (κ2) is 14.7. The van der Waals surface area contributed by atoms with Crippen LogP contribution in [0.15, 0.2) is 119 Å². The molecule has 0 heterocycles. The van der Waals surface area contributed by atoms with Gasteiger partial charge in [-0.2, -0.15) is 0 Å². The fraction of sp³-hybridized carbons (Fsp3) is 0.522. The highest BCUT2D eigenvalue weighted by molar-refractivity contribution is 5.60. The monoisotopic (exact) mass is 640 g/mol. The first-order valence-corrected chi connectivity index (χ1v) is 19.6. The van der Waals surface area contributed by atoms with Crippen LogP contribution < -0.4 is 4.90 Å². The van der Waals surface area contributed by atoms with E-state index in [9.17, 15) is 0 Å². The third kappa shape index (κ3) is 7.05. The van der Waals surface area contributed by atoms with Crippen molar-refractivity contribution in [3.63, 3.8) is 0 Å². The number of hydrogen-bond donors (Lipinski definition) is 0. The normalized spacial score (nSPS) is 30.1. The Morgan fingerprint density at radius 2 is 1.35 bits per heavy atom. The molecule has 3 unspecified atom stereocenters. The molecule has 1 aromatic rings. The largest absolute Gasteiger partial charge is 0.365 e. The van der Waals surface area contributed by atoms with Crippen LogP contribution >= 0.6 is 0 Å². The van der Waals surface area contributed by atoms with Gasteiger partial charge in [0.2, 0.25) is 0 Å². The van der Waals surface area contributed by atoms with Crippen molar-refractivity contribution in [1.29, 1.82) is 0 Å². The highest BCUT2D eigenvalue weighted by Crippen LogP contribution is 2.49. The lowest BCUT2D eigenvalue weighted by molar-refractivity contribution is 0.145. The SMILES string of the molecule is CC1=CCC(N(C2=CCC(C)C=C2)c2ccc(C3(C4=CC=C(N(C5C=CC(C)=CC5)C5CCC(C)CC5)CC4)CCCCC3)cc2)C=C1. The molecule has 2 heteroatoms. The molecule has 6 aliphatic carbocycles. The van der Waals surface area contributed by atoms with Crippen LogP contribution in [0, 0.1) is 11.8 Å². The van der Waals surface area contributed by atoms with E-state index < -0.39 is 0 Å². The number of benzene rings is 1. The molecule has 3 atom stereocenters. The summed E-state index contributed by atoms with van der Waals surface area (Å²) in [4.78, 5) is 5.46. The highest BCUT2D eigenvalue weighted by atomic mass is 15.2. The molecule has 2 nitrogen and oxygen atoms in total. The number of allylic oxidation sites excluding steroid dienone is 11. The molecule has 0 spiro atoms. The summed E-state index contributed by atoms with van der Waals surface area (Å²) < 4.78 is 0. The van der Waals surface area contributed by atoms with E-state index in [1.54, 1.807) is 16.8 Å². The Bertz CT molecular complexity index is 1540. The quantitative estimate of drug-likeness (QED) is 0.279. The summed E-state index contributed by atoms with van der Waals surface area (Å²) in [5.41, 5.74) is 10.4. The minimum absolute atomic E-state index is 0.170. The van der Waals surface area contributed by atoms with Gasteiger partial charge in [-0.15, -0.1) is 0 Å². The summed E-state index contributed by atoms with van der Waals surface area (Å²) in [6.45, 7) is 9.23. The lowest BCUT2D eigenvalue weighted by atomic mass is 9.63. The lowest BCUT2D eigenvalue weighted by Gasteiger charge is -2.46. The van der Waals surface area contributed by atoms with Crippen LogP contribution in [-0.4, -0.2) is 23.0 Å².